The molecule has 0 spiro atoms. The summed E-state index contributed by atoms with van der Waals surface area (Å²) in [4.78, 5) is 26.2. The number of hydrogen-bond acceptors (Lipinski definition) is 9. The number of carboxylic acids is 1. The van der Waals surface area contributed by atoms with Crippen molar-refractivity contribution in [2.75, 3.05) is 65.2 Å². The molecule has 0 atom stereocenters. The smallest absolute Gasteiger partial charge is 0.305 e. The van der Waals surface area contributed by atoms with Crippen molar-refractivity contribution >= 4 is 33.5 Å². The highest BCUT2D eigenvalue weighted by Gasteiger charge is 2.02. The molecule has 1 aromatic rings. The third-order valence-corrected chi connectivity index (χ3v) is 5.61. The molecule has 1 rings (SSSR count). The minimum Gasteiger partial charge on any atom is -0.481 e. The number of carbonyl (C=O) groups excluding carboxylic acids is 1. The van der Waals surface area contributed by atoms with Crippen LogP contribution in [0.1, 0.15) is 12.8 Å². The summed E-state index contributed by atoms with van der Waals surface area (Å²) in [5.74, 6) is -0.102. The number of aromatic nitrogens is 1. The van der Waals surface area contributed by atoms with Crippen molar-refractivity contribution in [1.82, 2.24) is 10.3 Å². The number of carboxylic acid groups (broad SMARTS) is 1. The van der Waals surface area contributed by atoms with E-state index >= 15 is 0 Å². The summed E-state index contributed by atoms with van der Waals surface area (Å²) in [7, 11) is 3.24. The lowest BCUT2D eigenvalue weighted by atomic mass is 10.4. The molecule has 1 amide bonds. The molecule has 0 saturated carbocycles. The Kier molecular flexibility index (Phi) is 17.4. The number of carbonyl (C=O) groups is 2. The SMILES string of the molecule is O=C(O)CCOCCOCCOCCOCCC(=O)NCCSSc1ccccn1. The fraction of sp³-hybridized carbons (Fsp3) is 0.632. The fourth-order valence-electron chi connectivity index (χ4n) is 1.91. The first kappa shape index (κ1) is 26.7. The topological polar surface area (TPSA) is 116 Å². The number of pyridine rings is 1. The van der Waals surface area contributed by atoms with Gasteiger partial charge in [0.05, 0.1) is 59.3 Å². The van der Waals surface area contributed by atoms with E-state index in [1.54, 1.807) is 27.8 Å². The van der Waals surface area contributed by atoms with Crippen LogP contribution in [0.25, 0.3) is 0 Å². The van der Waals surface area contributed by atoms with Gasteiger partial charge in [-0.3, -0.25) is 9.59 Å². The maximum atomic E-state index is 11.7. The van der Waals surface area contributed by atoms with Crippen molar-refractivity contribution < 1.29 is 33.6 Å². The Bertz CT molecular complexity index is 567. The highest BCUT2D eigenvalue weighted by Crippen LogP contribution is 2.28. The Labute approximate surface area is 185 Å². The first-order valence-electron chi connectivity index (χ1n) is 9.68. The Morgan fingerprint density at radius 1 is 0.900 bits per heavy atom. The van der Waals surface area contributed by atoms with Gasteiger partial charge in [0.1, 0.15) is 5.03 Å². The number of amides is 1. The van der Waals surface area contributed by atoms with Crippen LogP contribution < -0.4 is 5.32 Å². The average Bonchev–Trinajstić information content (AvgIpc) is 2.74. The van der Waals surface area contributed by atoms with E-state index in [9.17, 15) is 9.59 Å². The Morgan fingerprint density at radius 3 is 2.07 bits per heavy atom. The summed E-state index contributed by atoms with van der Waals surface area (Å²) in [6, 6.07) is 5.78. The molecule has 0 aliphatic rings. The molecule has 2 N–H and O–H groups in total. The van der Waals surface area contributed by atoms with Crippen molar-refractivity contribution in [2.24, 2.45) is 0 Å². The highest BCUT2D eigenvalue weighted by atomic mass is 33.1. The van der Waals surface area contributed by atoms with Crippen LogP contribution in [-0.4, -0.2) is 87.1 Å². The van der Waals surface area contributed by atoms with E-state index in [1.165, 1.54) is 0 Å². The summed E-state index contributed by atoms with van der Waals surface area (Å²) in [5.41, 5.74) is 0. The van der Waals surface area contributed by atoms with Gasteiger partial charge in [0.25, 0.3) is 0 Å². The summed E-state index contributed by atoms with van der Waals surface area (Å²) in [6.45, 7) is 3.63. The molecule has 0 aliphatic heterocycles. The van der Waals surface area contributed by atoms with E-state index in [-0.39, 0.29) is 18.9 Å². The normalized spacial score (nSPS) is 10.8. The standard InChI is InChI=1S/C19H30N2O7S2/c22-17(20-7-16-29-30-18-3-1-2-6-21-18)4-8-25-10-12-27-14-15-28-13-11-26-9-5-19(23)24/h1-3,6H,4-5,7-16H2,(H,20,22)(H,23,24). The van der Waals surface area contributed by atoms with Gasteiger partial charge in [-0.25, -0.2) is 4.98 Å². The molecule has 1 heterocycles. The Balaban J connectivity index is 1.76. The first-order valence-corrected chi connectivity index (χ1v) is 12.0. The van der Waals surface area contributed by atoms with Gasteiger partial charge < -0.3 is 29.4 Å². The highest BCUT2D eigenvalue weighted by molar-refractivity contribution is 8.76. The van der Waals surface area contributed by atoms with Crippen molar-refractivity contribution in [1.29, 1.82) is 0 Å². The lowest BCUT2D eigenvalue weighted by molar-refractivity contribution is -0.138. The molecule has 0 unspecified atom stereocenters. The van der Waals surface area contributed by atoms with Crippen molar-refractivity contribution in [3.63, 3.8) is 0 Å². The first-order chi connectivity index (χ1) is 14.7. The zero-order chi connectivity index (χ0) is 21.7. The predicted octanol–water partition coefficient (Wildman–Crippen LogP) is 1.87. The molecule has 0 fully saturated rings. The summed E-state index contributed by atoms with van der Waals surface area (Å²) in [5, 5.41) is 12.3. The van der Waals surface area contributed by atoms with Gasteiger partial charge in [0.15, 0.2) is 0 Å². The fourth-order valence-corrected chi connectivity index (χ4v) is 3.69. The predicted molar refractivity (Wildman–Crippen MR) is 116 cm³/mol. The van der Waals surface area contributed by atoms with Gasteiger partial charge in [0, 0.05) is 24.9 Å². The largest absolute Gasteiger partial charge is 0.481 e. The second-order valence-corrected chi connectivity index (χ2v) is 8.20. The molecule has 9 nitrogen and oxygen atoms in total. The number of ether oxygens (including phenoxy) is 4. The third kappa shape index (κ3) is 17.5. The number of hydrogen-bond donors (Lipinski definition) is 2. The zero-order valence-electron chi connectivity index (χ0n) is 17.0. The summed E-state index contributed by atoms with van der Waals surface area (Å²) >= 11 is 0. The van der Waals surface area contributed by atoms with Crippen LogP contribution in [-0.2, 0) is 28.5 Å². The van der Waals surface area contributed by atoms with Gasteiger partial charge in [-0.15, -0.1) is 0 Å². The van der Waals surface area contributed by atoms with E-state index in [0.717, 1.165) is 10.8 Å². The lowest BCUT2D eigenvalue weighted by Crippen LogP contribution is -2.26. The van der Waals surface area contributed by atoms with Crippen molar-refractivity contribution in [2.45, 2.75) is 17.9 Å². The maximum Gasteiger partial charge on any atom is 0.305 e. The van der Waals surface area contributed by atoms with E-state index in [2.05, 4.69) is 10.3 Å². The molecule has 0 aliphatic carbocycles. The Morgan fingerprint density at radius 2 is 1.50 bits per heavy atom. The molecule has 170 valence electrons. The number of aliphatic carboxylic acids is 1. The second-order valence-electron chi connectivity index (χ2n) is 5.77. The van der Waals surface area contributed by atoms with E-state index in [0.29, 0.717) is 59.2 Å². The quantitative estimate of drug-likeness (QED) is 0.220. The second kappa shape index (κ2) is 19.6. The van der Waals surface area contributed by atoms with E-state index in [1.807, 2.05) is 18.2 Å². The minimum atomic E-state index is -0.877. The molecule has 30 heavy (non-hydrogen) atoms. The molecule has 0 saturated heterocycles. The maximum absolute atomic E-state index is 11.7. The number of rotatable bonds is 20. The van der Waals surface area contributed by atoms with Gasteiger partial charge in [-0.05, 0) is 22.9 Å². The number of nitrogens with one attached hydrogen (secondary N) is 1. The van der Waals surface area contributed by atoms with Crippen LogP contribution in [0.15, 0.2) is 29.4 Å². The lowest BCUT2D eigenvalue weighted by Gasteiger charge is -2.07. The van der Waals surface area contributed by atoms with Gasteiger partial charge in [0.2, 0.25) is 5.91 Å². The van der Waals surface area contributed by atoms with Gasteiger partial charge in [-0.2, -0.15) is 0 Å². The van der Waals surface area contributed by atoms with Crippen LogP contribution in [0.5, 0.6) is 0 Å². The van der Waals surface area contributed by atoms with Crippen LogP contribution in [0, 0.1) is 0 Å². The monoisotopic (exact) mass is 462 g/mol. The summed E-state index contributed by atoms with van der Waals surface area (Å²) < 4.78 is 21.1. The van der Waals surface area contributed by atoms with Gasteiger partial charge in [-0.1, -0.05) is 16.9 Å². The van der Waals surface area contributed by atoms with Crippen LogP contribution in [0.4, 0.5) is 0 Å². The van der Waals surface area contributed by atoms with Crippen molar-refractivity contribution in [3.8, 4) is 0 Å². The molecule has 0 aromatic carbocycles. The van der Waals surface area contributed by atoms with E-state index < -0.39 is 5.97 Å². The van der Waals surface area contributed by atoms with Crippen molar-refractivity contribution in [3.05, 3.63) is 24.4 Å². The molecule has 11 heteroatoms. The molecular formula is C19H30N2O7S2. The average molecular weight is 463 g/mol. The number of nitrogens with zero attached hydrogens (tertiary/aromatic N) is 1. The zero-order valence-corrected chi connectivity index (χ0v) is 18.6. The van der Waals surface area contributed by atoms with Crippen LogP contribution in [0.2, 0.25) is 0 Å². The van der Waals surface area contributed by atoms with Gasteiger partial charge >= 0.3 is 5.97 Å². The third-order valence-electron chi connectivity index (χ3n) is 3.34. The molecule has 0 radical (unpaired) electrons. The molecule has 1 aromatic heterocycles. The Hall–Kier alpha value is -1.37. The van der Waals surface area contributed by atoms with Crippen LogP contribution >= 0.6 is 21.6 Å². The molecular weight excluding hydrogens is 432 g/mol. The molecule has 0 bridgehead atoms. The van der Waals surface area contributed by atoms with Crippen LogP contribution in [0.3, 0.4) is 0 Å². The summed E-state index contributed by atoms with van der Waals surface area (Å²) in [6.07, 6.45) is 2.08. The van der Waals surface area contributed by atoms with E-state index in [4.69, 9.17) is 24.1 Å². The minimum absolute atomic E-state index is 0.00429.